The quantitative estimate of drug-likeness (QED) is 0.588. The standard InChI is InChI=1S/C17H29BrN4O2/c1-5-19-16(20-13-17(23-4)6-8-24-9-7-17)22(3)12-15-10-14(18)11-21(15)2/h10-11H,5-9,12-13H2,1-4H3,(H,19,20). The molecule has 0 bridgehead atoms. The summed E-state index contributed by atoms with van der Waals surface area (Å²) < 4.78 is 14.5. The summed E-state index contributed by atoms with van der Waals surface area (Å²) in [5, 5.41) is 3.38. The van der Waals surface area contributed by atoms with Gasteiger partial charge in [0.1, 0.15) is 0 Å². The molecule has 0 atom stereocenters. The molecule has 1 aromatic rings. The lowest BCUT2D eigenvalue weighted by Crippen LogP contribution is -2.44. The Bertz CT molecular complexity index is 553. The van der Waals surface area contributed by atoms with Crippen molar-refractivity contribution in [2.45, 2.75) is 31.9 Å². The first kappa shape index (κ1) is 19.3. The fourth-order valence-corrected chi connectivity index (χ4v) is 3.47. The van der Waals surface area contributed by atoms with Gasteiger partial charge in [0.05, 0.1) is 18.7 Å². The number of aryl methyl sites for hydroxylation is 1. The highest BCUT2D eigenvalue weighted by atomic mass is 79.9. The van der Waals surface area contributed by atoms with Crippen LogP contribution in [0, 0.1) is 0 Å². The first-order chi connectivity index (χ1) is 11.5. The van der Waals surface area contributed by atoms with Gasteiger partial charge in [0.2, 0.25) is 0 Å². The minimum Gasteiger partial charge on any atom is -0.381 e. The van der Waals surface area contributed by atoms with Crippen molar-refractivity contribution in [3.05, 3.63) is 22.4 Å². The molecule has 1 N–H and O–H groups in total. The normalized spacial score (nSPS) is 17.8. The zero-order valence-corrected chi connectivity index (χ0v) is 16.7. The molecule has 24 heavy (non-hydrogen) atoms. The van der Waals surface area contributed by atoms with Gasteiger partial charge in [0, 0.05) is 70.2 Å². The van der Waals surface area contributed by atoms with E-state index >= 15 is 0 Å². The topological polar surface area (TPSA) is 51.0 Å². The SMILES string of the molecule is CCNC(=NCC1(OC)CCOCC1)N(C)Cc1cc(Br)cn1C. The van der Waals surface area contributed by atoms with E-state index in [9.17, 15) is 0 Å². The van der Waals surface area contributed by atoms with Crippen molar-refractivity contribution in [3.8, 4) is 0 Å². The molecule has 7 heteroatoms. The average molecular weight is 401 g/mol. The average Bonchev–Trinajstić information content (AvgIpc) is 2.89. The van der Waals surface area contributed by atoms with E-state index in [-0.39, 0.29) is 5.60 Å². The summed E-state index contributed by atoms with van der Waals surface area (Å²) >= 11 is 3.53. The first-order valence-electron chi connectivity index (χ1n) is 8.43. The maximum Gasteiger partial charge on any atom is 0.194 e. The number of methoxy groups -OCH3 is 1. The second kappa shape index (κ2) is 8.87. The van der Waals surface area contributed by atoms with Crippen molar-refractivity contribution in [1.82, 2.24) is 14.8 Å². The van der Waals surface area contributed by atoms with E-state index in [1.165, 1.54) is 5.69 Å². The molecule has 136 valence electrons. The zero-order valence-electron chi connectivity index (χ0n) is 15.1. The fourth-order valence-electron chi connectivity index (χ4n) is 2.90. The van der Waals surface area contributed by atoms with Crippen molar-refractivity contribution in [2.75, 3.05) is 40.5 Å². The number of nitrogens with zero attached hydrogens (tertiary/aromatic N) is 3. The van der Waals surface area contributed by atoms with E-state index in [0.29, 0.717) is 6.54 Å². The highest BCUT2D eigenvalue weighted by molar-refractivity contribution is 9.10. The van der Waals surface area contributed by atoms with E-state index in [4.69, 9.17) is 14.5 Å². The molecular weight excluding hydrogens is 372 g/mol. The molecule has 1 aliphatic rings. The summed E-state index contributed by atoms with van der Waals surface area (Å²) in [6, 6.07) is 2.13. The van der Waals surface area contributed by atoms with Gasteiger partial charge in [-0.1, -0.05) is 0 Å². The van der Waals surface area contributed by atoms with Crippen LogP contribution in [0.15, 0.2) is 21.7 Å². The Morgan fingerprint density at radius 2 is 2.21 bits per heavy atom. The van der Waals surface area contributed by atoms with Gasteiger partial charge in [-0.05, 0) is 28.9 Å². The smallest absolute Gasteiger partial charge is 0.194 e. The molecule has 0 aromatic carbocycles. The molecule has 0 saturated carbocycles. The van der Waals surface area contributed by atoms with Crippen molar-refractivity contribution in [3.63, 3.8) is 0 Å². The van der Waals surface area contributed by atoms with E-state index in [1.807, 2.05) is 0 Å². The first-order valence-corrected chi connectivity index (χ1v) is 9.22. The van der Waals surface area contributed by atoms with Crippen molar-refractivity contribution >= 4 is 21.9 Å². The van der Waals surface area contributed by atoms with Gasteiger partial charge in [0.15, 0.2) is 5.96 Å². The molecule has 1 aliphatic heterocycles. The molecule has 0 radical (unpaired) electrons. The minimum absolute atomic E-state index is 0.201. The summed E-state index contributed by atoms with van der Waals surface area (Å²) in [6.07, 6.45) is 3.84. The maximum absolute atomic E-state index is 5.78. The Hall–Kier alpha value is -1.05. The molecule has 2 rings (SSSR count). The van der Waals surface area contributed by atoms with Gasteiger partial charge in [-0.2, -0.15) is 0 Å². The Labute approximate surface area is 153 Å². The number of aromatic nitrogens is 1. The van der Waals surface area contributed by atoms with E-state index in [0.717, 1.165) is 49.6 Å². The Kier molecular flexibility index (Phi) is 7.13. The molecule has 1 saturated heterocycles. The van der Waals surface area contributed by atoms with Crippen LogP contribution in [0.2, 0.25) is 0 Å². The third kappa shape index (κ3) is 4.97. The van der Waals surface area contributed by atoms with Gasteiger partial charge in [0.25, 0.3) is 0 Å². The molecular formula is C17H29BrN4O2. The summed E-state index contributed by atoms with van der Waals surface area (Å²) in [6.45, 7) is 5.85. The van der Waals surface area contributed by atoms with Crippen LogP contribution in [-0.2, 0) is 23.1 Å². The Morgan fingerprint density at radius 3 is 2.75 bits per heavy atom. The second-order valence-corrected chi connectivity index (χ2v) is 7.20. The monoisotopic (exact) mass is 400 g/mol. The predicted molar refractivity (Wildman–Crippen MR) is 100 cm³/mol. The van der Waals surface area contributed by atoms with Crippen LogP contribution in [0.1, 0.15) is 25.5 Å². The second-order valence-electron chi connectivity index (χ2n) is 6.29. The lowest BCUT2D eigenvalue weighted by Gasteiger charge is -2.35. The molecule has 2 heterocycles. The molecule has 0 spiro atoms. The van der Waals surface area contributed by atoms with Crippen molar-refractivity contribution in [1.29, 1.82) is 0 Å². The molecule has 0 amide bonds. The molecule has 1 fully saturated rings. The van der Waals surface area contributed by atoms with Gasteiger partial charge < -0.3 is 24.3 Å². The van der Waals surface area contributed by atoms with E-state index in [1.54, 1.807) is 7.11 Å². The van der Waals surface area contributed by atoms with Crippen LogP contribution in [0.3, 0.4) is 0 Å². The van der Waals surface area contributed by atoms with Crippen LogP contribution in [0.4, 0.5) is 0 Å². The lowest BCUT2D eigenvalue weighted by molar-refractivity contribution is -0.0829. The molecule has 0 unspecified atom stereocenters. The number of ether oxygens (including phenoxy) is 2. The van der Waals surface area contributed by atoms with E-state index in [2.05, 4.69) is 64.0 Å². The van der Waals surface area contributed by atoms with Crippen LogP contribution in [0.5, 0.6) is 0 Å². The summed E-state index contributed by atoms with van der Waals surface area (Å²) in [7, 11) is 5.89. The van der Waals surface area contributed by atoms with Gasteiger partial charge in [-0.15, -0.1) is 0 Å². The highest BCUT2D eigenvalue weighted by Crippen LogP contribution is 2.25. The Balaban J connectivity index is 2.07. The van der Waals surface area contributed by atoms with Crippen molar-refractivity contribution < 1.29 is 9.47 Å². The van der Waals surface area contributed by atoms with Crippen LogP contribution in [0.25, 0.3) is 0 Å². The lowest BCUT2D eigenvalue weighted by atomic mass is 9.94. The highest BCUT2D eigenvalue weighted by Gasteiger charge is 2.32. The third-order valence-electron chi connectivity index (χ3n) is 4.52. The number of hydrogen-bond donors (Lipinski definition) is 1. The minimum atomic E-state index is -0.201. The number of guanidine groups is 1. The summed E-state index contributed by atoms with van der Waals surface area (Å²) in [5.74, 6) is 0.901. The maximum atomic E-state index is 5.78. The zero-order chi connectivity index (χ0) is 17.6. The fraction of sp³-hybridized carbons (Fsp3) is 0.706. The van der Waals surface area contributed by atoms with E-state index < -0.39 is 0 Å². The molecule has 0 aliphatic carbocycles. The van der Waals surface area contributed by atoms with Crippen LogP contribution < -0.4 is 5.32 Å². The van der Waals surface area contributed by atoms with Gasteiger partial charge in [-0.25, -0.2) is 0 Å². The number of halogens is 1. The molecule has 6 nitrogen and oxygen atoms in total. The largest absolute Gasteiger partial charge is 0.381 e. The molecule has 1 aromatic heterocycles. The number of rotatable bonds is 6. The van der Waals surface area contributed by atoms with Crippen LogP contribution >= 0.6 is 15.9 Å². The van der Waals surface area contributed by atoms with Crippen LogP contribution in [-0.4, -0.2) is 61.5 Å². The Morgan fingerprint density at radius 1 is 1.50 bits per heavy atom. The number of nitrogens with one attached hydrogen (secondary N) is 1. The predicted octanol–water partition coefficient (Wildman–Crippen LogP) is 2.38. The summed E-state index contributed by atoms with van der Waals surface area (Å²) in [5.41, 5.74) is 1.02. The van der Waals surface area contributed by atoms with Gasteiger partial charge in [-0.3, -0.25) is 4.99 Å². The van der Waals surface area contributed by atoms with Crippen molar-refractivity contribution in [2.24, 2.45) is 12.0 Å². The summed E-state index contributed by atoms with van der Waals surface area (Å²) in [4.78, 5) is 6.99. The van der Waals surface area contributed by atoms with Gasteiger partial charge >= 0.3 is 0 Å². The third-order valence-corrected chi connectivity index (χ3v) is 4.96. The number of hydrogen-bond acceptors (Lipinski definition) is 3. The number of aliphatic imine (C=N–C) groups is 1.